The first-order chi connectivity index (χ1) is 11.1. The van der Waals surface area contributed by atoms with Crippen LogP contribution in [0.1, 0.15) is 96.8 Å². The predicted molar refractivity (Wildman–Crippen MR) is 96.2 cm³/mol. The normalized spacial score (nSPS) is 11.7. The smallest absolute Gasteiger partial charge is 0.242 e. The monoisotopic (exact) mass is 345 g/mol. The van der Waals surface area contributed by atoms with Crippen LogP contribution in [0.4, 0.5) is 0 Å². The van der Waals surface area contributed by atoms with Crippen LogP contribution in [0.15, 0.2) is 11.8 Å². The number of nitrogens with zero attached hydrogens (tertiary/aromatic N) is 1. The summed E-state index contributed by atoms with van der Waals surface area (Å²) >= 11 is 5.27. The second kappa shape index (κ2) is 16.0. The minimum Gasteiger partial charge on any atom is -0.281 e. The molecule has 0 aromatic carbocycles. The minimum absolute atomic E-state index is 0.224. The minimum atomic E-state index is -0.266. The Bertz CT molecular complexity index is 356. The average Bonchev–Trinajstić information content (AvgIpc) is 2.50. The van der Waals surface area contributed by atoms with E-state index < -0.39 is 0 Å². The summed E-state index contributed by atoms with van der Waals surface area (Å²) in [7, 11) is 0. The van der Waals surface area contributed by atoms with Crippen molar-refractivity contribution in [3.63, 3.8) is 0 Å². The van der Waals surface area contributed by atoms with E-state index in [1.54, 1.807) is 6.08 Å². The zero-order valence-electron chi connectivity index (χ0n) is 14.5. The molecule has 0 unspecified atom stereocenters. The molecular weight excluding hydrogens is 314 g/mol. The maximum atomic E-state index is 11.0. The van der Waals surface area contributed by atoms with Crippen molar-refractivity contribution in [3.05, 3.63) is 21.9 Å². The van der Waals surface area contributed by atoms with Crippen LogP contribution in [0, 0.1) is 10.1 Å². The summed E-state index contributed by atoms with van der Waals surface area (Å²) < 4.78 is 0. The summed E-state index contributed by atoms with van der Waals surface area (Å²) in [6.07, 6.45) is 15.5. The highest BCUT2D eigenvalue weighted by Gasteiger charge is 2.09. The maximum Gasteiger partial charge on any atom is 0.242 e. The summed E-state index contributed by atoms with van der Waals surface area (Å²) in [5, 5.41) is 10.8. The third-order valence-electron chi connectivity index (χ3n) is 3.98. The van der Waals surface area contributed by atoms with Crippen molar-refractivity contribution in [2.24, 2.45) is 0 Å². The van der Waals surface area contributed by atoms with Gasteiger partial charge in [0.25, 0.3) is 0 Å². The molecule has 0 saturated heterocycles. The summed E-state index contributed by atoms with van der Waals surface area (Å²) in [6, 6.07) is 0. The van der Waals surface area contributed by atoms with Crippen LogP contribution >= 0.6 is 11.6 Å². The Kier molecular flexibility index (Phi) is 15.4. The van der Waals surface area contributed by atoms with Gasteiger partial charge in [-0.25, -0.2) is 0 Å². The largest absolute Gasteiger partial charge is 0.281 e. The molecule has 0 spiro atoms. The number of hydrogen-bond donors (Lipinski definition) is 0. The number of carbonyl (C=O) groups excluding carboxylic acids is 1. The first-order valence-corrected chi connectivity index (χ1v) is 9.47. The number of allylic oxidation sites excluding steroid dienone is 2. The highest BCUT2D eigenvalue weighted by atomic mass is 35.5. The van der Waals surface area contributed by atoms with Gasteiger partial charge in [0.05, 0.1) is 4.92 Å². The van der Waals surface area contributed by atoms with E-state index in [0.717, 1.165) is 51.4 Å². The molecule has 0 aromatic heterocycles. The molecule has 0 N–H and O–H groups in total. The predicted octanol–water partition coefficient (Wildman–Crippen LogP) is 6.39. The van der Waals surface area contributed by atoms with Crippen LogP contribution in [0.25, 0.3) is 0 Å². The van der Waals surface area contributed by atoms with Crippen molar-refractivity contribution in [2.45, 2.75) is 96.8 Å². The van der Waals surface area contributed by atoms with Crippen LogP contribution in [-0.4, -0.2) is 10.2 Å². The fourth-order valence-electron chi connectivity index (χ4n) is 2.56. The third kappa shape index (κ3) is 15.8. The first-order valence-electron chi connectivity index (χ1n) is 9.09. The highest BCUT2D eigenvalue weighted by Crippen LogP contribution is 2.15. The molecule has 0 aliphatic heterocycles. The second-order valence-electron chi connectivity index (χ2n) is 6.13. The van der Waals surface area contributed by atoms with Gasteiger partial charge in [0, 0.05) is 12.8 Å². The lowest BCUT2D eigenvalue weighted by atomic mass is 10.1. The van der Waals surface area contributed by atoms with Crippen LogP contribution < -0.4 is 0 Å². The lowest BCUT2D eigenvalue weighted by Gasteiger charge is -2.01. The first kappa shape index (κ1) is 22.1. The van der Waals surface area contributed by atoms with E-state index in [-0.39, 0.29) is 10.2 Å². The van der Waals surface area contributed by atoms with Crippen LogP contribution in [0.2, 0.25) is 0 Å². The Hall–Kier alpha value is -0.900. The lowest BCUT2D eigenvalue weighted by molar-refractivity contribution is -0.428. The van der Waals surface area contributed by atoms with E-state index in [9.17, 15) is 14.9 Å². The van der Waals surface area contributed by atoms with Crippen LogP contribution in [0.5, 0.6) is 0 Å². The standard InChI is InChI=1S/C18H32ClNO3/c1-2-3-4-5-8-11-14-17(20(22)23)15-12-9-6-7-10-13-16-18(19)21/h15H,2-14,16H2,1H3/b17-15+. The zero-order valence-corrected chi connectivity index (χ0v) is 15.3. The Morgan fingerprint density at radius 2 is 1.43 bits per heavy atom. The molecule has 134 valence electrons. The summed E-state index contributed by atoms with van der Waals surface area (Å²) in [4.78, 5) is 21.4. The Morgan fingerprint density at radius 3 is 2.00 bits per heavy atom. The topological polar surface area (TPSA) is 60.2 Å². The molecular formula is C18H32ClNO3. The Balaban J connectivity index is 3.69. The van der Waals surface area contributed by atoms with E-state index in [4.69, 9.17) is 11.6 Å². The molecule has 5 heteroatoms. The second-order valence-corrected chi connectivity index (χ2v) is 6.55. The molecule has 0 radical (unpaired) electrons. The van der Waals surface area contributed by atoms with Crippen molar-refractivity contribution in [2.75, 3.05) is 0 Å². The van der Waals surface area contributed by atoms with E-state index in [2.05, 4.69) is 6.92 Å². The molecule has 0 heterocycles. The Labute approximate surface area is 145 Å². The van der Waals surface area contributed by atoms with Gasteiger partial charge in [-0.3, -0.25) is 14.9 Å². The van der Waals surface area contributed by atoms with Gasteiger partial charge in [0.15, 0.2) is 0 Å². The van der Waals surface area contributed by atoms with Gasteiger partial charge in [-0.05, 0) is 43.4 Å². The molecule has 0 fully saturated rings. The third-order valence-corrected chi connectivity index (χ3v) is 4.17. The van der Waals surface area contributed by atoms with Crippen molar-refractivity contribution in [1.29, 1.82) is 0 Å². The van der Waals surface area contributed by atoms with Gasteiger partial charge < -0.3 is 0 Å². The highest BCUT2D eigenvalue weighted by molar-refractivity contribution is 6.63. The van der Waals surface area contributed by atoms with Crippen molar-refractivity contribution >= 4 is 16.8 Å². The molecule has 0 aromatic rings. The van der Waals surface area contributed by atoms with Gasteiger partial charge in [-0.1, -0.05) is 58.3 Å². The molecule has 0 amide bonds. The van der Waals surface area contributed by atoms with Gasteiger partial charge >= 0.3 is 0 Å². The number of hydrogen-bond acceptors (Lipinski definition) is 3. The summed E-state index contributed by atoms with van der Waals surface area (Å²) in [5.74, 6) is 0. The van der Waals surface area contributed by atoms with Crippen LogP contribution in [0.3, 0.4) is 0 Å². The lowest BCUT2D eigenvalue weighted by Crippen LogP contribution is -1.99. The summed E-state index contributed by atoms with van der Waals surface area (Å²) in [5.41, 5.74) is 0.383. The molecule has 0 bridgehead atoms. The van der Waals surface area contributed by atoms with Crippen molar-refractivity contribution in [3.8, 4) is 0 Å². The summed E-state index contributed by atoms with van der Waals surface area (Å²) in [6.45, 7) is 2.19. The maximum absolute atomic E-state index is 11.0. The molecule has 4 nitrogen and oxygen atoms in total. The molecule has 0 aliphatic rings. The average molecular weight is 346 g/mol. The van der Waals surface area contributed by atoms with E-state index >= 15 is 0 Å². The quantitative estimate of drug-likeness (QED) is 0.141. The SMILES string of the molecule is CCCCCCCC/C(=C\CCCCCCCC(=O)Cl)[N+](=O)[O-]. The molecule has 0 saturated carbocycles. The van der Waals surface area contributed by atoms with Gasteiger partial charge in [0.1, 0.15) is 0 Å². The van der Waals surface area contributed by atoms with Crippen molar-refractivity contribution < 1.29 is 9.72 Å². The fraction of sp³-hybridized carbons (Fsp3) is 0.833. The van der Waals surface area contributed by atoms with E-state index in [1.807, 2.05) is 0 Å². The fourth-order valence-corrected chi connectivity index (χ4v) is 2.70. The molecule has 0 aliphatic carbocycles. The number of rotatable bonds is 16. The van der Waals surface area contributed by atoms with Crippen LogP contribution in [-0.2, 0) is 4.79 Å². The van der Waals surface area contributed by atoms with E-state index in [0.29, 0.717) is 18.5 Å². The molecule has 0 rings (SSSR count). The zero-order chi connectivity index (χ0) is 17.3. The van der Waals surface area contributed by atoms with Gasteiger partial charge in [-0.2, -0.15) is 0 Å². The molecule has 23 heavy (non-hydrogen) atoms. The van der Waals surface area contributed by atoms with Gasteiger partial charge in [-0.15, -0.1) is 0 Å². The van der Waals surface area contributed by atoms with Crippen molar-refractivity contribution in [1.82, 2.24) is 0 Å². The number of unbranched alkanes of at least 4 members (excludes halogenated alkanes) is 10. The molecule has 0 atom stereocenters. The number of carbonyl (C=O) groups is 1. The van der Waals surface area contributed by atoms with E-state index in [1.165, 1.54) is 25.7 Å². The van der Waals surface area contributed by atoms with Gasteiger partial charge in [0.2, 0.25) is 10.9 Å². The number of halogens is 1. The number of nitro groups is 1. The Morgan fingerprint density at radius 1 is 0.913 bits per heavy atom.